The fourth-order valence-corrected chi connectivity index (χ4v) is 2.58. The molecule has 0 bridgehead atoms. The lowest BCUT2D eigenvalue weighted by molar-refractivity contribution is 0.0662. The molecule has 1 saturated heterocycles. The van der Waals surface area contributed by atoms with Gasteiger partial charge in [-0.15, -0.1) is 0 Å². The van der Waals surface area contributed by atoms with Crippen molar-refractivity contribution in [2.45, 2.75) is 25.8 Å². The first-order valence-electron chi connectivity index (χ1n) is 7.14. The molecule has 7 nitrogen and oxygen atoms in total. The summed E-state index contributed by atoms with van der Waals surface area (Å²) in [6.07, 6.45) is 5.45. The molecule has 22 heavy (non-hydrogen) atoms. The highest BCUT2D eigenvalue weighted by Crippen LogP contribution is 2.26. The first-order valence-corrected chi connectivity index (χ1v) is 7.52. The van der Waals surface area contributed by atoms with Crippen LogP contribution in [0, 0.1) is 6.92 Å². The van der Waals surface area contributed by atoms with Crippen molar-refractivity contribution in [3.8, 4) is 5.88 Å². The van der Waals surface area contributed by atoms with Crippen molar-refractivity contribution < 1.29 is 9.47 Å². The van der Waals surface area contributed by atoms with Crippen LogP contribution in [-0.4, -0.2) is 40.1 Å². The van der Waals surface area contributed by atoms with Crippen LogP contribution in [0.15, 0.2) is 12.4 Å². The molecule has 1 aliphatic heterocycles. The van der Waals surface area contributed by atoms with Gasteiger partial charge in [0, 0.05) is 19.4 Å². The molecule has 0 amide bonds. The maximum absolute atomic E-state index is 5.93. The highest BCUT2D eigenvalue weighted by Gasteiger charge is 2.18. The second-order valence-corrected chi connectivity index (χ2v) is 5.53. The maximum Gasteiger partial charge on any atom is 0.237 e. The molecule has 0 saturated carbocycles. The zero-order chi connectivity index (χ0) is 15.5. The number of rotatable bonds is 4. The summed E-state index contributed by atoms with van der Waals surface area (Å²) < 4.78 is 12.5. The SMILES string of the molecule is COc1nc(Nc2cn(C3CCOCC3)nc2C)ncc1Cl. The number of halogens is 1. The average Bonchev–Trinajstić information content (AvgIpc) is 2.91. The van der Waals surface area contributed by atoms with Crippen molar-refractivity contribution in [1.29, 1.82) is 0 Å². The van der Waals surface area contributed by atoms with Crippen molar-refractivity contribution >= 4 is 23.2 Å². The molecule has 2 aromatic rings. The Morgan fingerprint density at radius 1 is 1.41 bits per heavy atom. The summed E-state index contributed by atoms with van der Waals surface area (Å²) in [5.74, 6) is 0.768. The minimum Gasteiger partial charge on any atom is -0.480 e. The number of nitrogens with zero attached hydrogens (tertiary/aromatic N) is 4. The molecule has 0 spiro atoms. The Kier molecular flexibility index (Phi) is 4.44. The van der Waals surface area contributed by atoms with Crippen molar-refractivity contribution in [3.05, 3.63) is 23.1 Å². The van der Waals surface area contributed by atoms with Gasteiger partial charge >= 0.3 is 0 Å². The number of hydrogen-bond donors (Lipinski definition) is 1. The molecular weight excluding hydrogens is 306 g/mol. The largest absolute Gasteiger partial charge is 0.480 e. The third-order valence-corrected chi connectivity index (χ3v) is 3.89. The summed E-state index contributed by atoms with van der Waals surface area (Å²) in [6.45, 7) is 3.51. The normalized spacial score (nSPS) is 15.8. The number of aryl methyl sites for hydroxylation is 1. The summed E-state index contributed by atoms with van der Waals surface area (Å²) in [4.78, 5) is 8.37. The molecule has 3 heterocycles. The van der Waals surface area contributed by atoms with Crippen LogP contribution in [0.4, 0.5) is 11.6 Å². The number of nitrogens with one attached hydrogen (secondary N) is 1. The summed E-state index contributed by atoms with van der Waals surface area (Å²) in [6, 6.07) is 0.378. The van der Waals surface area contributed by atoms with Crippen molar-refractivity contribution in [2.24, 2.45) is 0 Å². The molecule has 1 aliphatic rings. The molecule has 0 unspecified atom stereocenters. The van der Waals surface area contributed by atoms with Crippen LogP contribution in [0.3, 0.4) is 0 Å². The van der Waals surface area contributed by atoms with Gasteiger partial charge in [-0.1, -0.05) is 11.6 Å². The van der Waals surface area contributed by atoms with Crippen molar-refractivity contribution in [2.75, 3.05) is 25.6 Å². The van der Waals surface area contributed by atoms with E-state index >= 15 is 0 Å². The van der Waals surface area contributed by atoms with E-state index in [1.54, 1.807) is 0 Å². The minimum atomic E-state index is 0.341. The van der Waals surface area contributed by atoms with E-state index in [2.05, 4.69) is 20.4 Å². The quantitative estimate of drug-likeness (QED) is 0.932. The minimum absolute atomic E-state index is 0.341. The van der Waals surface area contributed by atoms with Gasteiger partial charge in [0.25, 0.3) is 0 Å². The predicted molar refractivity (Wildman–Crippen MR) is 82.9 cm³/mol. The lowest BCUT2D eigenvalue weighted by Crippen LogP contribution is -2.19. The van der Waals surface area contributed by atoms with Crippen LogP contribution in [0.5, 0.6) is 5.88 Å². The van der Waals surface area contributed by atoms with Crippen LogP contribution in [0.2, 0.25) is 5.02 Å². The van der Waals surface area contributed by atoms with E-state index in [-0.39, 0.29) is 0 Å². The number of hydrogen-bond acceptors (Lipinski definition) is 6. The van der Waals surface area contributed by atoms with Gasteiger partial charge in [0.15, 0.2) is 0 Å². The smallest absolute Gasteiger partial charge is 0.237 e. The first-order chi connectivity index (χ1) is 10.7. The first kappa shape index (κ1) is 15.1. The van der Waals surface area contributed by atoms with Gasteiger partial charge in [-0.2, -0.15) is 10.1 Å². The van der Waals surface area contributed by atoms with Crippen LogP contribution in [-0.2, 0) is 4.74 Å². The second kappa shape index (κ2) is 6.50. The maximum atomic E-state index is 5.93. The zero-order valence-electron chi connectivity index (χ0n) is 12.5. The van der Waals surface area contributed by atoms with Crippen LogP contribution in [0.25, 0.3) is 0 Å². The highest BCUT2D eigenvalue weighted by molar-refractivity contribution is 6.31. The van der Waals surface area contributed by atoms with Crippen LogP contribution >= 0.6 is 11.6 Å². The van der Waals surface area contributed by atoms with Crippen LogP contribution < -0.4 is 10.1 Å². The fourth-order valence-electron chi connectivity index (χ4n) is 2.42. The third-order valence-electron chi connectivity index (χ3n) is 3.63. The molecule has 0 aromatic carbocycles. The molecule has 0 radical (unpaired) electrons. The van der Waals surface area contributed by atoms with E-state index < -0.39 is 0 Å². The predicted octanol–water partition coefficient (Wildman–Crippen LogP) is 2.74. The summed E-state index contributed by atoms with van der Waals surface area (Å²) in [5.41, 5.74) is 1.76. The molecule has 118 valence electrons. The lowest BCUT2D eigenvalue weighted by Gasteiger charge is -2.22. The Labute approximate surface area is 133 Å². The van der Waals surface area contributed by atoms with E-state index in [1.807, 2.05) is 17.8 Å². The van der Waals surface area contributed by atoms with E-state index in [0.717, 1.165) is 37.4 Å². The van der Waals surface area contributed by atoms with E-state index in [4.69, 9.17) is 21.1 Å². The van der Waals surface area contributed by atoms with Gasteiger partial charge in [-0.05, 0) is 19.8 Å². The molecule has 0 aliphatic carbocycles. The average molecular weight is 324 g/mol. The number of methoxy groups -OCH3 is 1. The fraction of sp³-hybridized carbons (Fsp3) is 0.500. The van der Waals surface area contributed by atoms with Gasteiger partial charge in [0.05, 0.1) is 30.7 Å². The Balaban J connectivity index is 1.79. The third kappa shape index (κ3) is 3.15. The summed E-state index contributed by atoms with van der Waals surface area (Å²) in [5, 5.41) is 8.11. The van der Waals surface area contributed by atoms with Crippen molar-refractivity contribution in [1.82, 2.24) is 19.7 Å². The van der Waals surface area contributed by atoms with Gasteiger partial charge in [-0.3, -0.25) is 4.68 Å². The Bertz CT molecular complexity index is 655. The van der Waals surface area contributed by atoms with Crippen molar-refractivity contribution in [3.63, 3.8) is 0 Å². The van der Waals surface area contributed by atoms with Gasteiger partial charge in [-0.25, -0.2) is 4.98 Å². The number of ether oxygens (including phenoxy) is 2. The molecule has 2 aromatic heterocycles. The van der Waals surface area contributed by atoms with E-state index in [9.17, 15) is 0 Å². The van der Waals surface area contributed by atoms with E-state index in [1.165, 1.54) is 13.3 Å². The van der Waals surface area contributed by atoms with E-state index in [0.29, 0.717) is 22.9 Å². The zero-order valence-corrected chi connectivity index (χ0v) is 13.3. The second-order valence-electron chi connectivity index (χ2n) is 5.13. The molecule has 3 rings (SSSR count). The highest BCUT2D eigenvalue weighted by atomic mass is 35.5. The van der Waals surface area contributed by atoms with Gasteiger partial charge < -0.3 is 14.8 Å². The molecule has 1 fully saturated rings. The number of aromatic nitrogens is 4. The summed E-state index contributed by atoms with van der Waals surface area (Å²) in [7, 11) is 1.52. The molecular formula is C14H18ClN5O2. The molecule has 1 N–H and O–H groups in total. The molecule has 0 atom stereocenters. The standard InChI is InChI=1S/C14H18ClN5O2/c1-9-12(8-20(19-9)10-3-5-22-6-4-10)17-14-16-7-11(15)13(18-14)21-2/h7-8,10H,3-6H2,1-2H3,(H,16,17,18). The Morgan fingerprint density at radius 2 is 2.18 bits per heavy atom. The Hall–Kier alpha value is -1.86. The number of anilines is 2. The molecule has 8 heteroatoms. The summed E-state index contributed by atoms with van der Waals surface area (Å²) >= 11 is 5.93. The Morgan fingerprint density at radius 3 is 2.91 bits per heavy atom. The topological polar surface area (TPSA) is 74.1 Å². The van der Waals surface area contributed by atoms with Gasteiger partial charge in [0.1, 0.15) is 5.02 Å². The van der Waals surface area contributed by atoms with Crippen LogP contribution in [0.1, 0.15) is 24.6 Å². The lowest BCUT2D eigenvalue weighted by atomic mass is 10.1. The van der Waals surface area contributed by atoms with Gasteiger partial charge in [0.2, 0.25) is 11.8 Å². The monoisotopic (exact) mass is 323 g/mol.